The van der Waals surface area contributed by atoms with E-state index in [1.807, 2.05) is 30.3 Å². The number of sulfonamides is 1. The third-order valence-corrected chi connectivity index (χ3v) is 3.84. The van der Waals surface area contributed by atoms with Gasteiger partial charge in [-0.05, 0) is 12.0 Å². The summed E-state index contributed by atoms with van der Waals surface area (Å²) >= 11 is 0. The van der Waals surface area contributed by atoms with Crippen LogP contribution in [-0.2, 0) is 21.2 Å². The van der Waals surface area contributed by atoms with E-state index in [9.17, 15) is 13.5 Å². The van der Waals surface area contributed by atoms with Gasteiger partial charge in [-0.1, -0.05) is 30.3 Å². The minimum atomic E-state index is -3.41. The van der Waals surface area contributed by atoms with Crippen molar-refractivity contribution in [1.82, 2.24) is 4.72 Å². The standard InChI is InChI=1S/C12H19NO4S/c1-17-7-8-18(15,16)13-12(10-14)9-11-5-3-2-4-6-11/h2-6,12-14H,7-10H2,1H3/t12-/m0/s1. The van der Waals surface area contributed by atoms with Crippen LogP contribution >= 0.6 is 0 Å². The Kier molecular flexibility index (Phi) is 6.28. The van der Waals surface area contributed by atoms with Crippen LogP contribution in [-0.4, -0.2) is 45.6 Å². The molecule has 1 atom stereocenters. The first-order valence-electron chi connectivity index (χ1n) is 5.71. The highest BCUT2D eigenvalue weighted by Crippen LogP contribution is 2.04. The number of aliphatic hydroxyl groups is 1. The van der Waals surface area contributed by atoms with Crippen LogP contribution in [0.15, 0.2) is 30.3 Å². The first kappa shape index (κ1) is 15.1. The molecule has 0 unspecified atom stereocenters. The first-order valence-corrected chi connectivity index (χ1v) is 7.36. The maximum atomic E-state index is 11.6. The van der Waals surface area contributed by atoms with Crippen molar-refractivity contribution in [2.24, 2.45) is 0 Å². The Bertz CT molecular complexity index is 433. The van der Waals surface area contributed by atoms with Crippen LogP contribution in [0.2, 0.25) is 0 Å². The van der Waals surface area contributed by atoms with Gasteiger partial charge < -0.3 is 9.84 Å². The van der Waals surface area contributed by atoms with E-state index in [0.29, 0.717) is 6.42 Å². The lowest BCUT2D eigenvalue weighted by atomic mass is 10.1. The molecule has 18 heavy (non-hydrogen) atoms. The minimum absolute atomic E-state index is 0.102. The second-order valence-corrected chi connectivity index (χ2v) is 5.87. The zero-order valence-corrected chi connectivity index (χ0v) is 11.2. The topological polar surface area (TPSA) is 75.6 Å². The maximum absolute atomic E-state index is 11.6. The quantitative estimate of drug-likeness (QED) is 0.707. The Morgan fingerprint density at radius 1 is 1.33 bits per heavy atom. The van der Waals surface area contributed by atoms with E-state index < -0.39 is 16.1 Å². The second kappa shape index (κ2) is 7.48. The highest BCUT2D eigenvalue weighted by atomic mass is 32.2. The predicted molar refractivity (Wildman–Crippen MR) is 69.8 cm³/mol. The third-order valence-electron chi connectivity index (χ3n) is 2.45. The number of hydrogen-bond acceptors (Lipinski definition) is 4. The predicted octanol–water partition coefficient (Wildman–Crippen LogP) is 0.156. The molecule has 5 nitrogen and oxygen atoms in total. The summed E-state index contributed by atoms with van der Waals surface area (Å²) in [5.41, 5.74) is 0.978. The van der Waals surface area contributed by atoms with E-state index in [2.05, 4.69) is 4.72 Å². The zero-order chi connectivity index (χ0) is 13.4. The smallest absolute Gasteiger partial charge is 0.214 e. The lowest BCUT2D eigenvalue weighted by molar-refractivity contribution is 0.216. The third kappa shape index (κ3) is 5.59. The van der Waals surface area contributed by atoms with Crippen molar-refractivity contribution in [1.29, 1.82) is 0 Å². The second-order valence-electron chi connectivity index (χ2n) is 4.00. The van der Waals surface area contributed by atoms with Gasteiger partial charge in [0.15, 0.2) is 0 Å². The molecule has 0 spiro atoms. The molecule has 1 aromatic rings. The summed E-state index contributed by atoms with van der Waals surface area (Å²) in [6, 6.07) is 8.93. The van der Waals surface area contributed by atoms with Crippen LogP contribution in [0.5, 0.6) is 0 Å². The van der Waals surface area contributed by atoms with Gasteiger partial charge in [0.1, 0.15) is 0 Å². The molecule has 102 valence electrons. The van der Waals surface area contributed by atoms with E-state index in [4.69, 9.17) is 4.74 Å². The summed E-state index contributed by atoms with van der Waals surface area (Å²) in [7, 11) is -1.96. The molecule has 1 aromatic carbocycles. The average molecular weight is 273 g/mol. The maximum Gasteiger partial charge on any atom is 0.214 e. The molecule has 2 N–H and O–H groups in total. The molecule has 1 rings (SSSR count). The molecule has 0 radical (unpaired) electrons. The number of rotatable bonds is 8. The van der Waals surface area contributed by atoms with Crippen molar-refractivity contribution >= 4 is 10.0 Å². The summed E-state index contributed by atoms with van der Waals surface area (Å²) in [6.07, 6.45) is 0.462. The van der Waals surface area contributed by atoms with E-state index in [1.165, 1.54) is 7.11 Å². The molecule has 0 heterocycles. The molecule has 0 bridgehead atoms. The van der Waals surface area contributed by atoms with Crippen LogP contribution in [0.3, 0.4) is 0 Å². The molecule has 0 aromatic heterocycles. The van der Waals surface area contributed by atoms with Crippen molar-refractivity contribution in [3.63, 3.8) is 0 Å². The van der Waals surface area contributed by atoms with Crippen molar-refractivity contribution in [2.75, 3.05) is 26.1 Å². The molecular formula is C12H19NO4S. The van der Waals surface area contributed by atoms with E-state index in [0.717, 1.165) is 5.56 Å². The van der Waals surface area contributed by atoms with Gasteiger partial charge in [-0.25, -0.2) is 13.1 Å². The van der Waals surface area contributed by atoms with Gasteiger partial charge in [0.25, 0.3) is 0 Å². The minimum Gasteiger partial charge on any atom is -0.395 e. The van der Waals surface area contributed by atoms with Crippen LogP contribution in [0.1, 0.15) is 5.56 Å². The summed E-state index contributed by atoms with van der Waals surface area (Å²) in [4.78, 5) is 0. The molecule has 0 aliphatic heterocycles. The number of ether oxygens (including phenoxy) is 1. The van der Waals surface area contributed by atoms with Gasteiger partial charge in [-0.15, -0.1) is 0 Å². The summed E-state index contributed by atoms with van der Waals surface area (Å²) in [5.74, 6) is -0.102. The largest absolute Gasteiger partial charge is 0.395 e. The monoisotopic (exact) mass is 273 g/mol. The summed E-state index contributed by atoms with van der Waals surface area (Å²) < 4.78 is 30.5. The molecule has 0 aliphatic rings. The first-order chi connectivity index (χ1) is 8.57. The Labute approximate surface area is 108 Å². The van der Waals surface area contributed by atoms with Crippen molar-refractivity contribution in [3.05, 3.63) is 35.9 Å². The average Bonchev–Trinajstić information content (AvgIpc) is 2.36. The molecule has 0 amide bonds. The number of aliphatic hydroxyl groups excluding tert-OH is 1. The molecule has 0 saturated carbocycles. The van der Waals surface area contributed by atoms with Gasteiger partial charge in [-0.2, -0.15) is 0 Å². The molecule has 0 fully saturated rings. The highest BCUT2D eigenvalue weighted by Gasteiger charge is 2.17. The van der Waals surface area contributed by atoms with Crippen molar-refractivity contribution in [2.45, 2.75) is 12.5 Å². The molecule has 6 heteroatoms. The van der Waals surface area contributed by atoms with Crippen molar-refractivity contribution < 1.29 is 18.3 Å². The highest BCUT2D eigenvalue weighted by molar-refractivity contribution is 7.89. The summed E-state index contributed by atoms with van der Waals surface area (Å²) in [6.45, 7) is -0.0973. The number of hydrogen-bond donors (Lipinski definition) is 2. The Morgan fingerprint density at radius 2 is 2.00 bits per heavy atom. The van der Waals surface area contributed by atoms with Crippen LogP contribution in [0.25, 0.3) is 0 Å². The van der Waals surface area contributed by atoms with E-state index in [1.54, 1.807) is 0 Å². The fourth-order valence-corrected chi connectivity index (χ4v) is 2.72. The van der Waals surface area contributed by atoms with Gasteiger partial charge in [0.2, 0.25) is 10.0 Å². The van der Waals surface area contributed by atoms with E-state index >= 15 is 0 Å². The number of methoxy groups -OCH3 is 1. The van der Waals surface area contributed by atoms with Crippen LogP contribution < -0.4 is 4.72 Å². The van der Waals surface area contributed by atoms with Gasteiger partial charge in [0.05, 0.1) is 19.0 Å². The number of nitrogens with one attached hydrogen (secondary N) is 1. The van der Waals surface area contributed by atoms with Crippen LogP contribution in [0.4, 0.5) is 0 Å². The molecule has 0 saturated heterocycles. The van der Waals surface area contributed by atoms with Crippen LogP contribution in [0, 0.1) is 0 Å². The normalized spacial score (nSPS) is 13.4. The zero-order valence-electron chi connectivity index (χ0n) is 10.4. The Balaban J connectivity index is 2.57. The Morgan fingerprint density at radius 3 is 2.56 bits per heavy atom. The fourth-order valence-electron chi connectivity index (χ4n) is 1.55. The van der Waals surface area contributed by atoms with Gasteiger partial charge in [0, 0.05) is 13.2 Å². The lowest BCUT2D eigenvalue weighted by Gasteiger charge is -2.16. The van der Waals surface area contributed by atoms with Gasteiger partial charge >= 0.3 is 0 Å². The molecule has 0 aliphatic carbocycles. The number of benzene rings is 1. The van der Waals surface area contributed by atoms with Gasteiger partial charge in [-0.3, -0.25) is 0 Å². The Hall–Kier alpha value is -0.950. The van der Waals surface area contributed by atoms with Crippen molar-refractivity contribution in [3.8, 4) is 0 Å². The molecular weight excluding hydrogens is 254 g/mol. The lowest BCUT2D eigenvalue weighted by Crippen LogP contribution is -2.40. The fraction of sp³-hybridized carbons (Fsp3) is 0.500. The SMILES string of the molecule is COCCS(=O)(=O)N[C@H](CO)Cc1ccccc1. The summed E-state index contributed by atoms with van der Waals surface area (Å²) in [5, 5.41) is 9.22. The van der Waals surface area contributed by atoms with E-state index in [-0.39, 0.29) is 19.0 Å².